The van der Waals surface area contributed by atoms with Crippen LogP contribution in [0.15, 0.2) is 6.07 Å². The summed E-state index contributed by atoms with van der Waals surface area (Å²) in [4.78, 5) is 10.9. The molecule has 20 heavy (non-hydrogen) atoms. The number of aryl methyl sites for hydroxylation is 1. The Morgan fingerprint density at radius 1 is 1.40 bits per heavy atom. The highest BCUT2D eigenvalue weighted by atomic mass is 32.1. The number of anilines is 1. The Hall–Kier alpha value is -1.40. The minimum Gasteiger partial charge on any atom is -0.474 e. The van der Waals surface area contributed by atoms with Crippen molar-refractivity contribution in [2.45, 2.75) is 45.6 Å². The van der Waals surface area contributed by atoms with Crippen LogP contribution in [-0.4, -0.2) is 16.1 Å². The minimum absolute atomic E-state index is 0.252. The molecule has 6 heteroatoms. The Morgan fingerprint density at radius 3 is 3.00 bits per heavy atom. The topological polar surface area (TPSA) is 73.1 Å². The van der Waals surface area contributed by atoms with Gasteiger partial charge in [-0.05, 0) is 38.2 Å². The molecule has 3 N–H and O–H groups in total. The number of thiophene rings is 1. The van der Waals surface area contributed by atoms with Gasteiger partial charge in [-0.2, -0.15) is 4.98 Å². The second kappa shape index (κ2) is 5.54. The molecule has 1 aliphatic carbocycles. The van der Waals surface area contributed by atoms with Crippen molar-refractivity contribution in [3.05, 3.63) is 10.9 Å². The number of hydrazine groups is 1. The average Bonchev–Trinajstić information content (AvgIpc) is 2.79. The van der Waals surface area contributed by atoms with Crippen molar-refractivity contribution in [1.29, 1.82) is 0 Å². The van der Waals surface area contributed by atoms with Crippen molar-refractivity contribution in [2.24, 2.45) is 11.8 Å². The molecule has 0 bridgehead atoms. The monoisotopic (exact) mass is 292 g/mol. The molecule has 1 aliphatic rings. The molecule has 108 valence electrons. The van der Waals surface area contributed by atoms with E-state index in [0.717, 1.165) is 29.0 Å². The van der Waals surface area contributed by atoms with Crippen molar-refractivity contribution in [3.8, 4) is 5.88 Å². The van der Waals surface area contributed by atoms with Gasteiger partial charge in [-0.15, -0.1) is 11.3 Å². The summed E-state index contributed by atoms with van der Waals surface area (Å²) in [6, 6.07) is 2.09. The van der Waals surface area contributed by atoms with E-state index in [1.54, 1.807) is 11.3 Å². The lowest BCUT2D eigenvalue weighted by atomic mass is 9.89. The van der Waals surface area contributed by atoms with Gasteiger partial charge < -0.3 is 4.74 Å². The molecule has 2 aromatic heterocycles. The third-order valence-corrected chi connectivity index (χ3v) is 4.72. The van der Waals surface area contributed by atoms with Crippen LogP contribution in [0.4, 0.5) is 5.95 Å². The zero-order chi connectivity index (χ0) is 14.1. The van der Waals surface area contributed by atoms with Gasteiger partial charge in [0.15, 0.2) is 0 Å². The van der Waals surface area contributed by atoms with Crippen LogP contribution in [0.2, 0.25) is 0 Å². The van der Waals surface area contributed by atoms with Crippen LogP contribution < -0.4 is 16.0 Å². The fourth-order valence-corrected chi connectivity index (χ4v) is 3.68. The second-order valence-electron chi connectivity index (χ2n) is 5.58. The summed E-state index contributed by atoms with van der Waals surface area (Å²) < 4.78 is 6.15. The number of nitrogens with zero attached hydrogens (tertiary/aromatic N) is 2. The first-order valence-electron chi connectivity index (χ1n) is 7.07. The number of rotatable bonds is 3. The highest BCUT2D eigenvalue weighted by molar-refractivity contribution is 7.18. The molecule has 1 saturated carbocycles. The first-order chi connectivity index (χ1) is 9.65. The highest BCUT2D eigenvalue weighted by Crippen LogP contribution is 2.33. The number of fused-ring (bicyclic) bond motifs is 1. The first kappa shape index (κ1) is 13.6. The standard InChI is InChI=1S/C14H20N4OS/c1-8-4-3-5-10(6-8)19-12-11-7-9(2)20-13(11)17-14(16-12)18-15/h7-8,10H,3-6,15H2,1-2H3,(H,16,17,18). The summed E-state index contributed by atoms with van der Waals surface area (Å²) >= 11 is 1.63. The van der Waals surface area contributed by atoms with Crippen LogP contribution in [0, 0.1) is 12.8 Å². The predicted molar refractivity (Wildman–Crippen MR) is 82.0 cm³/mol. The van der Waals surface area contributed by atoms with E-state index in [2.05, 4.69) is 35.3 Å². The first-order valence-corrected chi connectivity index (χ1v) is 7.89. The van der Waals surface area contributed by atoms with E-state index in [-0.39, 0.29) is 6.10 Å². The van der Waals surface area contributed by atoms with Crippen LogP contribution >= 0.6 is 11.3 Å². The molecule has 2 atom stereocenters. The van der Waals surface area contributed by atoms with Crippen LogP contribution in [0.3, 0.4) is 0 Å². The molecule has 2 heterocycles. The number of hydrogen-bond donors (Lipinski definition) is 2. The van der Waals surface area contributed by atoms with E-state index in [0.29, 0.717) is 11.8 Å². The molecular weight excluding hydrogens is 272 g/mol. The summed E-state index contributed by atoms with van der Waals surface area (Å²) in [7, 11) is 0. The molecule has 0 aromatic carbocycles. The van der Waals surface area contributed by atoms with Gasteiger partial charge in [0.05, 0.1) is 5.39 Å². The summed E-state index contributed by atoms with van der Waals surface area (Å²) in [6.45, 7) is 4.35. The van der Waals surface area contributed by atoms with Crippen LogP contribution in [-0.2, 0) is 0 Å². The number of nitrogens with one attached hydrogen (secondary N) is 1. The number of hydrogen-bond acceptors (Lipinski definition) is 6. The summed E-state index contributed by atoms with van der Waals surface area (Å²) in [5.74, 6) is 7.24. The van der Waals surface area contributed by atoms with E-state index in [1.165, 1.54) is 17.7 Å². The van der Waals surface area contributed by atoms with Crippen LogP contribution in [0.1, 0.15) is 37.5 Å². The maximum absolute atomic E-state index is 6.15. The van der Waals surface area contributed by atoms with Crippen molar-refractivity contribution in [3.63, 3.8) is 0 Å². The Morgan fingerprint density at radius 2 is 2.25 bits per heavy atom. The summed E-state index contributed by atoms with van der Waals surface area (Å²) in [5.41, 5.74) is 2.52. The van der Waals surface area contributed by atoms with Gasteiger partial charge in [0.1, 0.15) is 10.9 Å². The third-order valence-electron chi connectivity index (χ3n) is 3.78. The fourth-order valence-electron chi connectivity index (χ4n) is 2.81. The molecule has 1 fully saturated rings. The number of nitrogens with two attached hydrogens (primary N) is 1. The Bertz CT molecular complexity index is 612. The van der Waals surface area contributed by atoms with Crippen LogP contribution in [0.5, 0.6) is 5.88 Å². The lowest BCUT2D eigenvalue weighted by molar-refractivity contribution is 0.126. The smallest absolute Gasteiger partial charge is 0.241 e. The van der Waals surface area contributed by atoms with Crippen molar-refractivity contribution in [2.75, 3.05) is 5.43 Å². The molecule has 0 radical (unpaired) electrons. The Kier molecular flexibility index (Phi) is 3.76. The van der Waals surface area contributed by atoms with Crippen molar-refractivity contribution in [1.82, 2.24) is 9.97 Å². The van der Waals surface area contributed by atoms with Gasteiger partial charge in [0.25, 0.3) is 0 Å². The van der Waals surface area contributed by atoms with Crippen molar-refractivity contribution >= 4 is 27.5 Å². The highest BCUT2D eigenvalue weighted by Gasteiger charge is 2.22. The van der Waals surface area contributed by atoms with Gasteiger partial charge in [0, 0.05) is 4.88 Å². The van der Waals surface area contributed by atoms with E-state index in [4.69, 9.17) is 10.6 Å². The molecule has 2 unspecified atom stereocenters. The van der Waals surface area contributed by atoms with Gasteiger partial charge in [0.2, 0.25) is 11.8 Å². The molecule has 0 spiro atoms. The second-order valence-corrected chi connectivity index (χ2v) is 6.82. The predicted octanol–water partition coefficient (Wildman–Crippen LogP) is 3.24. The molecule has 3 rings (SSSR count). The van der Waals surface area contributed by atoms with E-state index < -0.39 is 0 Å². The fraction of sp³-hybridized carbons (Fsp3) is 0.571. The number of aromatic nitrogens is 2. The zero-order valence-corrected chi connectivity index (χ0v) is 12.7. The number of ether oxygens (including phenoxy) is 1. The molecule has 0 saturated heterocycles. The molecule has 0 amide bonds. The van der Waals surface area contributed by atoms with E-state index >= 15 is 0 Å². The maximum Gasteiger partial charge on any atom is 0.241 e. The van der Waals surface area contributed by atoms with Gasteiger partial charge in [-0.25, -0.2) is 10.8 Å². The van der Waals surface area contributed by atoms with Crippen molar-refractivity contribution < 1.29 is 4.74 Å². The lowest BCUT2D eigenvalue weighted by Crippen LogP contribution is -2.24. The van der Waals surface area contributed by atoms with E-state index in [1.807, 2.05) is 0 Å². The third kappa shape index (κ3) is 2.71. The Balaban J connectivity index is 1.92. The molecule has 2 aromatic rings. The largest absolute Gasteiger partial charge is 0.474 e. The minimum atomic E-state index is 0.252. The summed E-state index contributed by atoms with van der Waals surface area (Å²) in [5, 5.41) is 0.990. The average molecular weight is 292 g/mol. The molecule has 5 nitrogen and oxygen atoms in total. The van der Waals surface area contributed by atoms with E-state index in [9.17, 15) is 0 Å². The van der Waals surface area contributed by atoms with Gasteiger partial charge in [-0.3, -0.25) is 5.43 Å². The zero-order valence-electron chi connectivity index (χ0n) is 11.8. The molecular formula is C14H20N4OS. The van der Waals surface area contributed by atoms with Gasteiger partial charge in [-0.1, -0.05) is 13.3 Å². The van der Waals surface area contributed by atoms with Crippen LogP contribution in [0.25, 0.3) is 10.2 Å². The molecule has 0 aliphatic heterocycles. The Labute approximate surface area is 122 Å². The maximum atomic E-state index is 6.15. The lowest BCUT2D eigenvalue weighted by Gasteiger charge is -2.27. The SMILES string of the molecule is Cc1cc2c(OC3CCCC(C)C3)nc(NN)nc2s1. The summed E-state index contributed by atoms with van der Waals surface area (Å²) in [6.07, 6.45) is 4.98. The quantitative estimate of drug-likeness (QED) is 0.671. The normalized spacial score (nSPS) is 22.9. The van der Waals surface area contributed by atoms with Gasteiger partial charge >= 0.3 is 0 Å². The number of nitrogen functional groups attached to an aromatic ring is 1.